The van der Waals surface area contributed by atoms with E-state index in [1.807, 2.05) is 0 Å². The lowest BCUT2D eigenvalue weighted by Crippen LogP contribution is -2.49. The first kappa shape index (κ1) is 16.9. The molecule has 2 N–H and O–H groups in total. The number of likely N-dealkylation sites (tertiary alicyclic amines) is 1. The summed E-state index contributed by atoms with van der Waals surface area (Å²) < 4.78 is 4.73. The van der Waals surface area contributed by atoms with Gasteiger partial charge in [0.1, 0.15) is 11.9 Å². The van der Waals surface area contributed by atoms with E-state index in [0.29, 0.717) is 25.9 Å². The van der Waals surface area contributed by atoms with Crippen LogP contribution in [0.4, 0.5) is 0 Å². The molecule has 0 saturated carbocycles. The minimum atomic E-state index is -0.207. The van der Waals surface area contributed by atoms with Gasteiger partial charge in [-0.25, -0.2) is 4.98 Å². The number of hydrogen-bond donors (Lipinski definition) is 2. The molecule has 2 saturated heterocycles. The summed E-state index contributed by atoms with van der Waals surface area (Å²) in [4.78, 5) is 35.8. The number of aromatic nitrogens is 2. The molecule has 3 rings (SSSR count). The minimum absolute atomic E-state index is 0.0662. The molecule has 0 aromatic carbocycles. The molecule has 1 amide bonds. The summed E-state index contributed by atoms with van der Waals surface area (Å²) in [5.41, 5.74) is 0. The molecule has 0 bridgehead atoms. The molecule has 1 aromatic heterocycles. The van der Waals surface area contributed by atoms with Crippen LogP contribution in [0.5, 0.6) is 0 Å². The van der Waals surface area contributed by atoms with Crippen molar-refractivity contribution in [3.8, 4) is 0 Å². The Kier molecular flexibility index (Phi) is 5.15. The quantitative estimate of drug-likeness (QED) is 0.720. The molecule has 8 heteroatoms. The number of carbonyl (C=O) groups is 2. The van der Waals surface area contributed by atoms with Crippen LogP contribution in [0.15, 0.2) is 12.4 Å². The molecule has 1 aromatic rings. The molecule has 3 heterocycles. The number of ether oxygens (including phenoxy) is 1. The summed E-state index contributed by atoms with van der Waals surface area (Å²) in [6.45, 7) is 2.06. The summed E-state index contributed by atoms with van der Waals surface area (Å²) in [6.07, 6.45) is 5.51. The summed E-state index contributed by atoms with van der Waals surface area (Å²) in [6, 6.07) is 0.125. The van der Waals surface area contributed by atoms with Crippen molar-refractivity contribution >= 4 is 11.9 Å². The number of amides is 1. The predicted octanol–water partition coefficient (Wildman–Crippen LogP) is -0.264. The van der Waals surface area contributed by atoms with Crippen molar-refractivity contribution in [1.29, 1.82) is 0 Å². The van der Waals surface area contributed by atoms with Gasteiger partial charge in [0.2, 0.25) is 5.91 Å². The maximum atomic E-state index is 12.6. The number of hydrogen-bond acceptors (Lipinski definition) is 6. The molecule has 0 radical (unpaired) electrons. The first-order chi connectivity index (χ1) is 11.6. The maximum Gasteiger partial charge on any atom is 0.305 e. The van der Waals surface area contributed by atoms with E-state index < -0.39 is 0 Å². The molecule has 2 aliphatic heterocycles. The van der Waals surface area contributed by atoms with Gasteiger partial charge in [-0.15, -0.1) is 0 Å². The van der Waals surface area contributed by atoms with Gasteiger partial charge in [0.25, 0.3) is 0 Å². The third kappa shape index (κ3) is 3.44. The second-order valence-corrected chi connectivity index (χ2v) is 6.49. The molecular formula is C16H25N5O3. The summed E-state index contributed by atoms with van der Waals surface area (Å²) in [5, 5.41) is 3.04. The van der Waals surface area contributed by atoms with Crippen molar-refractivity contribution < 1.29 is 14.3 Å². The van der Waals surface area contributed by atoms with Gasteiger partial charge in [-0.3, -0.25) is 19.4 Å². The molecule has 2 fully saturated rings. The first-order valence-electron chi connectivity index (χ1n) is 8.39. The zero-order chi connectivity index (χ0) is 17.1. The van der Waals surface area contributed by atoms with Crippen LogP contribution >= 0.6 is 0 Å². The Morgan fingerprint density at radius 1 is 1.50 bits per heavy atom. The van der Waals surface area contributed by atoms with Crippen LogP contribution in [-0.2, 0) is 20.9 Å². The molecule has 0 spiro atoms. The van der Waals surface area contributed by atoms with Gasteiger partial charge in [-0.2, -0.15) is 0 Å². The highest BCUT2D eigenvalue weighted by Crippen LogP contribution is 2.28. The van der Waals surface area contributed by atoms with Gasteiger partial charge >= 0.3 is 5.97 Å². The van der Waals surface area contributed by atoms with Crippen molar-refractivity contribution in [2.75, 3.05) is 27.2 Å². The fourth-order valence-corrected chi connectivity index (χ4v) is 3.79. The Hall–Kier alpha value is -1.93. The van der Waals surface area contributed by atoms with Gasteiger partial charge in [-0.1, -0.05) is 0 Å². The highest BCUT2D eigenvalue weighted by molar-refractivity contribution is 5.83. The number of nitrogens with one attached hydrogen (secondary N) is 2. The number of methoxy groups -OCH3 is 1. The monoisotopic (exact) mass is 335 g/mol. The largest absolute Gasteiger partial charge is 0.469 e. The Morgan fingerprint density at radius 2 is 2.33 bits per heavy atom. The third-order valence-corrected chi connectivity index (χ3v) is 5.17. The highest BCUT2D eigenvalue weighted by Gasteiger charge is 2.45. The van der Waals surface area contributed by atoms with Crippen molar-refractivity contribution in [2.24, 2.45) is 0 Å². The lowest BCUT2D eigenvalue weighted by atomic mass is 10.0. The Labute approximate surface area is 141 Å². The predicted molar refractivity (Wildman–Crippen MR) is 87.0 cm³/mol. The number of rotatable bonds is 5. The Morgan fingerprint density at radius 3 is 3.04 bits per heavy atom. The second kappa shape index (κ2) is 7.31. The average molecular weight is 335 g/mol. The topological polar surface area (TPSA) is 90.6 Å². The average Bonchev–Trinajstić information content (AvgIpc) is 3.21. The lowest BCUT2D eigenvalue weighted by Gasteiger charge is -2.32. The van der Waals surface area contributed by atoms with E-state index in [1.54, 1.807) is 12.4 Å². The fourth-order valence-electron chi connectivity index (χ4n) is 3.79. The van der Waals surface area contributed by atoms with Crippen LogP contribution in [0.2, 0.25) is 0 Å². The van der Waals surface area contributed by atoms with Crippen LogP contribution in [0.3, 0.4) is 0 Å². The SMILES string of the molecule is COC(=O)CC[C@H]1CNC(=O)[C@@H]2[C@@H](CCN2Cc2ncc[nH]2)N1C. The first-order valence-corrected chi connectivity index (χ1v) is 8.39. The van der Waals surface area contributed by atoms with Crippen molar-refractivity contribution in [1.82, 2.24) is 25.1 Å². The van der Waals surface area contributed by atoms with E-state index in [9.17, 15) is 9.59 Å². The number of carbonyl (C=O) groups excluding carboxylic acids is 2. The van der Waals surface area contributed by atoms with Gasteiger partial charge in [0.15, 0.2) is 0 Å². The van der Waals surface area contributed by atoms with Crippen LogP contribution in [0, 0.1) is 0 Å². The summed E-state index contributed by atoms with van der Waals surface area (Å²) in [7, 11) is 3.46. The molecular weight excluding hydrogens is 310 g/mol. The van der Waals surface area contributed by atoms with Gasteiger partial charge in [0.05, 0.1) is 13.7 Å². The van der Waals surface area contributed by atoms with E-state index in [2.05, 4.69) is 32.1 Å². The zero-order valence-corrected chi connectivity index (χ0v) is 14.2. The molecule has 24 heavy (non-hydrogen) atoms. The number of H-pyrrole nitrogens is 1. The van der Waals surface area contributed by atoms with Crippen LogP contribution in [0.25, 0.3) is 0 Å². The van der Waals surface area contributed by atoms with E-state index in [4.69, 9.17) is 4.74 Å². The minimum Gasteiger partial charge on any atom is -0.469 e. The van der Waals surface area contributed by atoms with E-state index in [1.165, 1.54) is 7.11 Å². The molecule has 132 valence electrons. The second-order valence-electron chi connectivity index (χ2n) is 6.49. The maximum absolute atomic E-state index is 12.6. The number of imidazole rings is 1. The molecule has 0 unspecified atom stereocenters. The van der Waals surface area contributed by atoms with Gasteiger partial charge < -0.3 is 15.0 Å². The van der Waals surface area contributed by atoms with Crippen molar-refractivity contribution in [2.45, 2.75) is 43.9 Å². The normalized spacial score (nSPS) is 28.2. The molecule has 3 atom stereocenters. The van der Waals surface area contributed by atoms with E-state index in [0.717, 1.165) is 18.8 Å². The van der Waals surface area contributed by atoms with E-state index in [-0.39, 0.29) is 30.0 Å². The number of aromatic amines is 1. The summed E-state index contributed by atoms with van der Waals surface area (Å²) >= 11 is 0. The molecule has 8 nitrogen and oxygen atoms in total. The van der Waals surface area contributed by atoms with Gasteiger partial charge in [-0.05, 0) is 19.9 Å². The van der Waals surface area contributed by atoms with Crippen LogP contribution < -0.4 is 5.32 Å². The molecule has 0 aliphatic carbocycles. The fraction of sp³-hybridized carbons (Fsp3) is 0.688. The van der Waals surface area contributed by atoms with Crippen LogP contribution in [-0.4, -0.2) is 77.0 Å². The number of esters is 1. The zero-order valence-electron chi connectivity index (χ0n) is 14.2. The Balaban J connectivity index is 1.68. The van der Waals surface area contributed by atoms with E-state index >= 15 is 0 Å². The summed E-state index contributed by atoms with van der Waals surface area (Å²) in [5.74, 6) is 0.732. The standard InChI is InChI=1S/C16H25N5O3/c1-20-11(3-4-14(22)24-2)9-19-16(23)15-12(20)5-8-21(15)10-13-17-6-7-18-13/h6-7,11-12,15H,3-5,8-10H2,1-2H3,(H,17,18)(H,19,23)/t11-,12+,15-/m0/s1. The smallest absolute Gasteiger partial charge is 0.305 e. The third-order valence-electron chi connectivity index (χ3n) is 5.17. The Bertz CT molecular complexity index is 576. The van der Waals surface area contributed by atoms with Crippen molar-refractivity contribution in [3.63, 3.8) is 0 Å². The lowest BCUT2D eigenvalue weighted by molar-refractivity contribution is -0.141. The number of likely N-dealkylation sites (N-methyl/N-ethyl adjacent to an activating group) is 1. The van der Waals surface area contributed by atoms with Gasteiger partial charge in [0, 0.05) is 44.0 Å². The van der Waals surface area contributed by atoms with Crippen LogP contribution in [0.1, 0.15) is 25.1 Å². The molecule has 2 aliphatic rings. The number of fused-ring (bicyclic) bond motifs is 1. The highest BCUT2D eigenvalue weighted by atomic mass is 16.5. The number of nitrogens with zero attached hydrogens (tertiary/aromatic N) is 3. The van der Waals surface area contributed by atoms with Crippen molar-refractivity contribution in [3.05, 3.63) is 18.2 Å².